The minimum Gasteiger partial charge on any atom is -0.371 e. The van der Waals surface area contributed by atoms with Crippen molar-refractivity contribution in [2.24, 2.45) is 0 Å². The van der Waals surface area contributed by atoms with Crippen LogP contribution < -0.4 is 10.2 Å². The standard InChI is InChI=1S/C23H29N3O/c1-18-6-5-9-22(14-18)25-12-10-21(11-13-25)26-16-20(24-23(27)17-26)15-19-7-3-2-4-8-19/h2-9,14,20-21H,10-13,15-17H2,1H3,(H,24,27)/t20-/m0/s1. The fourth-order valence-corrected chi connectivity index (χ4v) is 4.46. The van der Waals surface area contributed by atoms with Gasteiger partial charge in [0, 0.05) is 37.4 Å². The second-order valence-corrected chi connectivity index (χ2v) is 7.94. The molecule has 2 heterocycles. The number of rotatable bonds is 4. The number of nitrogens with zero attached hydrogens (tertiary/aromatic N) is 2. The number of carbonyl (C=O) groups is 1. The molecule has 27 heavy (non-hydrogen) atoms. The first kappa shape index (κ1) is 18.1. The SMILES string of the molecule is Cc1cccc(N2CCC(N3CC(=O)N[C@@H](Cc4ccccc4)C3)CC2)c1. The lowest BCUT2D eigenvalue weighted by molar-refractivity contribution is -0.126. The van der Waals surface area contributed by atoms with Crippen molar-refractivity contribution in [2.45, 2.75) is 38.3 Å². The van der Waals surface area contributed by atoms with Crippen molar-refractivity contribution in [1.29, 1.82) is 0 Å². The maximum Gasteiger partial charge on any atom is 0.234 e. The quantitative estimate of drug-likeness (QED) is 0.907. The van der Waals surface area contributed by atoms with Gasteiger partial charge in [0.15, 0.2) is 0 Å². The summed E-state index contributed by atoms with van der Waals surface area (Å²) in [6.07, 6.45) is 3.16. The zero-order valence-corrected chi connectivity index (χ0v) is 16.1. The number of aryl methyl sites for hydroxylation is 1. The normalized spacial score (nSPS) is 21.9. The number of benzene rings is 2. The maximum absolute atomic E-state index is 12.3. The van der Waals surface area contributed by atoms with Gasteiger partial charge >= 0.3 is 0 Å². The number of anilines is 1. The molecular formula is C23H29N3O. The van der Waals surface area contributed by atoms with E-state index >= 15 is 0 Å². The summed E-state index contributed by atoms with van der Waals surface area (Å²) >= 11 is 0. The van der Waals surface area contributed by atoms with Gasteiger partial charge in [-0.2, -0.15) is 0 Å². The Hall–Kier alpha value is -2.33. The summed E-state index contributed by atoms with van der Waals surface area (Å²) in [4.78, 5) is 17.2. The predicted octanol–water partition coefficient (Wildman–Crippen LogP) is 3.01. The Morgan fingerprint density at radius 3 is 2.56 bits per heavy atom. The Labute approximate surface area is 162 Å². The van der Waals surface area contributed by atoms with Crippen LogP contribution >= 0.6 is 0 Å². The van der Waals surface area contributed by atoms with Gasteiger partial charge in [0.2, 0.25) is 5.91 Å². The summed E-state index contributed by atoms with van der Waals surface area (Å²) in [5.74, 6) is 0.170. The molecule has 2 aromatic carbocycles. The molecule has 4 nitrogen and oxygen atoms in total. The first-order chi connectivity index (χ1) is 13.2. The van der Waals surface area contributed by atoms with Crippen LogP contribution in [0.15, 0.2) is 54.6 Å². The van der Waals surface area contributed by atoms with Crippen LogP contribution in [0.25, 0.3) is 0 Å². The van der Waals surface area contributed by atoms with E-state index in [-0.39, 0.29) is 11.9 Å². The topological polar surface area (TPSA) is 35.6 Å². The number of hydrogen-bond donors (Lipinski definition) is 1. The minimum absolute atomic E-state index is 0.170. The number of nitrogens with one attached hydrogen (secondary N) is 1. The Kier molecular flexibility index (Phi) is 5.44. The highest BCUT2D eigenvalue weighted by Gasteiger charge is 2.31. The number of piperazine rings is 1. The van der Waals surface area contributed by atoms with E-state index in [1.165, 1.54) is 16.8 Å². The third kappa shape index (κ3) is 4.51. The lowest BCUT2D eigenvalue weighted by atomic mass is 9.98. The van der Waals surface area contributed by atoms with Gasteiger partial charge in [0.25, 0.3) is 0 Å². The van der Waals surface area contributed by atoms with Gasteiger partial charge in [-0.15, -0.1) is 0 Å². The summed E-state index contributed by atoms with van der Waals surface area (Å²) < 4.78 is 0. The smallest absolute Gasteiger partial charge is 0.234 e. The van der Waals surface area contributed by atoms with Crippen molar-refractivity contribution < 1.29 is 4.79 Å². The fourth-order valence-electron chi connectivity index (χ4n) is 4.46. The molecule has 0 saturated carbocycles. The number of piperidine rings is 1. The number of hydrogen-bond acceptors (Lipinski definition) is 3. The van der Waals surface area contributed by atoms with Gasteiger partial charge in [0.1, 0.15) is 0 Å². The summed E-state index contributed by atoms with van der Waals surface area (Å²) in [6, 6.07) is 19.9. The second kappa shape index (κ2) is 8.13. The van der Waals surface area contributed by atoms with Gasteiger partial charge in [-0.25, -0.2) is 0 Å². The average Bonchev–Trinajstić information content (AvgIpc) is 2.68. The van der Waals surface area contributed by atoms with Crippen molar-refractivity contribution >= 4 is 11.6 Å². The number of carbonyl (C=O) groups excluding carboxylic acids is 1. The molecule has 0 unspecified atom stereocenters. The zero-order chi connectivity index (χ0) is 18.6. The van der Waals surface area contributed by atoms with E-state index in [1.807, 2.05) is 6.07 Å². The first-order valence-corrected chi connectivity index (χ1v) is 10.1. The molecule has 2 fully saturated rings. The van der Waals surface area contributed by atoms with Crippen LogP contribution in [-0.2, 0) is 11.2 Å². The molecule has 1 atom stereocenters. The summed E-state index contributed by atoms with van der Waals surface area (Å²) in [5.41, 5.74) is 3.93. The molecule has 2 aliphatic rings. The molecule has 4 heteroatoms. The van der Waals surface area contributed by atoms with E-state index in [0.717, 1.165) is 38.9 Å². The van der Waals surface area contributed by atoms with Crippen molar-refractivity contribution in [3.05, 3.63) is 65.7 Å². The average molecular weight is 364 g/mol. The largest absolute Gasteiger partial charge is 0.371 e. The lowest BCUT2D eigenvalue weighted by Crippen LogP contribution is -2.59. The first-order valence-electron chi connectivity index (χ1n) is 10.1. The molecule has 2 aliphatic heterocycles. The van der Waals surface area contributed by atoms with E-state index in [2.05, 4.69) is 70.6 Å². The molecule has 142 valence electrons. The van der Waals surface area contributed by atoms with Crippen molar-refractivity contribution in [2.75, 3.05) is 31.1 Å². The molecule has 0 spiro atoms. The highest BCUT2D eigenvalue weighted by Crippen LogP contribution is 2.24. The molecule has 0 radical (unpaired) electrons. The summed E-state index contributed by atoms with van der Waals surface area (Å²) in [6.45, 7) is 5.77. The molecule has 1 N–H and O–H groups in total. The Balaban J connectivity index is 1.35. The third-order valence-corrected chi connectivity index (χ3v) is 5.84. The monoisotopic (exact) mass is 363 g/mol. The van der Waals surface area contributed by atoms with Crippen LogP contribution in [0.2, 0.25) is 0 Å². The van der Waals surface area contributed by atoms with E-state index in [1.54, 1.807) is 0 Å². The Morgan fingerprint density at radius 2 is 1.81 bits per heavy atom. The van der Waals surface area contributed by atoms with Crippen LogP contribution in [0.3, 0.4) is 0 Å². The van der Waals surface area contributed by atoms with E-state index in [9.17, 15) is 4.79 Å². The van der Waals surface area contributed by atoms with Gasteiger partial charge in [0.05, 0.1) is 6.54 Å². The van der Waals surface area contributed by atoms with Crippen LogP contribution in [-0.4, -0.2) is 49.1 Å². The highest BCUT2D eigenvalue weighted by molar-refractivity contribution is 5.79. The molecule has 2 saturated heterocycles. The molecule has 0 aromatic heterocycles. The molecule has 1 amide bonds. The Bertz CT molecular complexity index is 768. The van der Waals surface area contributed by atoms with Gasteiger partial charge in [-0.3, -0.25) is 9.69 Å². The number of amides is 1. The van der Waals surface area contributed by atoms with Gasteiger partial charge < -0.3 is 10.2 Å². The highest BCUT2D eigenvalue weighted by atomic mass is 16.2. The molecule has 0 aliphatic carbocycles. The van der Waals surface area contributed by atoms with Crippen LogP contribution in [0.4, 0.5) is 5.69 Å². The van der Waals surface area contributed by atoms with Crippen molar-refractivity contribution in [3.8, 4) is 0 Å². The summed E-state index contributed by atoms with van der Waals surface area (Å²) in [7, 11) is 0. The van der Waals surface area contributed by atoms with E-state index in [4.69, 9.17) is 0 Å². The second-order valence-electron chi connectivity index (χ2n) is 7.94. The predicted molar refractivity (Wildman–Crippen MR) is 110 cm³/mol. The van der Waals surface area contributed by atoms with Gasteiger partial charge in [-0.1, -0.05) is 42.5 Å². The zero-order valence-electron chi connectivity index (χ0n) is 16.1. The van der Waals surface area contributed by atoms with E-state index in [0.29, 0.717) is 12.6 Å². The van der Waals surface area contributed by atoms with E-state index < -0.39 is 0 Å². The Morgan fingerprint density at radius 1 is 1.04 bits per heavy atom. The van der Waals surface area contributed by atoms with Crippen LogP contribution in [0, 0.1) is 6.92 Å². The minimum atomic E-state index is 0.170. The van der Waals surface area contributed by atoms with Crippen molar-refractivity contribution in [3.63, 3.8) is 0 Å². The van der Waals surface area contributed by atoms with Gasteiger partial charge in [-0.05, 0) is 49.4 Å². The lowest BCUT2D eigenvalue weighted by Gasteiger charge is -2.42. The molecular weight excluding hydrogens is 334 g/mol. The fraction of sp³-hybridized carbons (Fsp3) is 0.435. The maximum atomic E-state index is 12.3. The molecule has 0 bridgehead atoms. The summed E-state index contributed by atoms with van der Waals surface area (Å²) in [5, 5.41) is 3.18. The third-order valence-electron chi connectivity index (χ3n) is 5.84. The van der Waals surface area contributed by atoms with Crippen LogP contribution in [0.1, 0.15) is 24.0 Å². The molecule has 2 aromatic rings. The molecule has 4 rings (SSSR count). The van der Waals surface area contributed by atoms with Crippen LogP contribution in [0.5, 0.6) is 0 Å². The van der Waals surface area contributed by atoms with Crippen molar-refractivity contribution in [1.82, 2.24) is 10.2 Å².